The Balaban J connectivity index is 2.34. The first-order chi connectivity index (χ1) is 8.04. The van der Waals surface area contributed by atoms with Crippen LogP contribution in [0.5, 0.6) is 11.5 Å². The number of hydrogen-bond acceptors (Lipinski definition) is 2. The zero-order chi connectivity index (χ0) is 12.4. The molecule has 0 aliphatic rings. The summed E-state index contributed by atoms with van der Waals surface area (Å²) < 4.78 is 5.87. The van der Waals surface area contributed by atoms with E-state index < -0.39 is 0 Å². The number of aryl methyl sites for hydroxylation is 3. The molecule has 0 amide bonds. The summed E-state index contributed by atoms with van der Waals surface area (Å²) in [4.78, 5) is 0. The third kappa shape index (κ3) is 2.78. The van der Waals surface area contributed by atoms with Gasteiger partial charge in [-0.1, -0.05) is 12.1 Å². The standard InChI is InChI=1S/C15H17NO/c1-10-6-11(2)8-14(7-10)17-15-9-13(16)5-4-12(15)3/h4-9H,16H2,1-3H3. The smallest absolute Gasteiger partial charge is 0.132 e. The maximum absolute atomic E-state index is 5.87. The van der Waals surface area contributed by atoms with E-state index in [2.05, 4.69) is 19.9 Å². The fraction of sp³-hybridized carbons (Fsp3) is 0.200. The second-order valence-corrected chi connectivity index (χ2v) is 4.45. The van der Waals surface area contributed by atoms with Gasteiger partial charge in [-0.15, -0.1) is 0 Å². The molecule has 2 aromatic rings. The van der Waals surface area contributed by atoms with E-state index >= 15 is 0 Å². The van der Waals surface area contributed by atoms with E-state index in [0.29, 0.717) is 0 Å². The van der Waals surface area contributed by atoms with Crippen LogP contribution in [0.3, 0.4) is 0 Å². The van der Waals surface area contributed by atoms with Gasteiger partial charge in [0.2, 0.25) is 0 Å². The van der Waals surface area contributed by atoms with Gasteiger partial charge < -0.3 is 10.5 Å². The van der Waals surface area contributed by atoms with Crippen LogP contribution in [0.15, 0.2) is 36.4 Å². The van der Waals surface area contributed by atoms with Gasteiger partial charge in [0, 0.05) is 11.8 Å². The van der Waals surface area contributed by atoms with Crippen LogP contribution in [0.4, 0.5) is 5.69 Å². The van der Waals surface area contributed by atoms with Gasteiger partial charge in [0.1, 0.15) is 11.5 Å². The Morgan fingerprint density at radius 3 is 2.18 bits per heavy atom. The van der Waals surface area contributed by atoms with Gasteiger partial charge in [-0.05, 0) is 55.7 Å². The molecular weight excluding hydrogens is 210 g/mol. The van der Waals surface area contributed by atoms with Gasteiger partial charge in [-0.2, -0.15) is 0 Å². The van der Waals surface area contributed by atoms with Crippen LogP contribution >= 0.6 is 0 Å². The zero-order valence-electron chi connectivity index (χ0n) is 10.4. The first kappa shape index (κ1) is 11.5. The van der Waals surface area contributed by atoms with Gasteiger partial charge in [0.15, 0.2) is 0 Å². The van der Waals surface area contributed by atoms with Crippen molar-refractivity contribution in [3.8, 4) is 11.5 Å². The highest BCUT2D eigenvalue weighted by atomic mass is 16.5. The number of rotatable bonds is 2. The number of ether oxygens (including phenoxy) is 1. The van der Waals surface area contributed by atoms with Crippen LogP contribution in [0.2, 0.25) is 0 Å². The summed E-state index contributed by atoms with van der Waals surface area (Å²) in [6.45, 7) is 6.13. The average molecular weight is 227 g/mol. The summed E-state index contributed by atoms with van der Waals surface area (Å²) in [6.07, 6.45) is 0. The van der Waals surface area contributed by atoms with E-state index in [-0.39, 0.29) is 0 Å². The lowest BCUT2D eigenvalue weighted by Crippen LogP contribution is -1.91. The molecule has 0 heterocycles. The van der Waals surface area contributed by atoms with Crippen molar-refractivity contribution in [2.45, 2.75) is 20.8 Å². The molecule has 2 nitrogen and oxygen atoms in total. The second kappa shape index (κ2) is 4.50. The Hall–Kier alpha value is -1.96. The lowest BCUT2D eigenvalue weighted by molar-refractivity contribution is 0.478. The van der Waals surface area contributed by atoms with E-state index in [0.717, 1.165) is 22.7 Å². The summed E-state index contributed by atoms with van der Waals surface area (Å²) in [6, 6.07) is 11.9. The molecule has 0 atom stereocenters. The summed E-state index contributed by atoms with van der Waals surface area (Å²) in [5, 5.41) is 0. The monoisotopic (exact) mass is 227 g/mol. The first-order valence-corrected chi connectivity index (χ1v) is 5.67. The molecule has 0 spiro atoms. The van der Waals surface area contributed by atoms with Crippen LogP contribution in [0, 0.1) is 20.8 Å². The van der Waals surface area contributed by atoms with E-state index in [1.807, 2.05) is 37.3 Å². The number of benzene rings is 2. The van der Waals surface area contributed by atoms with Crippen LogP contribution in [0.1, 0.15) is 16.7 Å². The summed E-state index contributed by atoms with van der Waals surface area (Å²) in [5.74, 6) is 1.67. The van der Waals surface area contributed by atoms with Crippen molar-refractivity contribution >= 4 is 5.69 Å². The minimum Gasteiger partial charge on any atom is -0.457 e. The van der Waals surface area contributed by atoms with E-state index in [1.54, 1.807) is 0 Å². The maximum atomic E-state index is 5.87. The lowest BCUT2D eigenvalue weighted by atomic mass is 10.1. The zero-order valence-corrected chi connectivity index (χ0v) is 10.4. The third-order valence-corrected chi connectivity index (χ3v) is 2.64. The van der Waals surface area contributed by atoms with E-state index in [4.69, 9.17) is 10.5 Å². The summed E-state index contributed by atoms with van der Waals surface area (Å²) >= 11 is 0. The summed E-state index contributed by atoms with van der Waals surface area (Å²) in [7, 11) is 0. The predicted molar refractivity (Wildman–Crippen MR) is 71.6 cm³/mol. The van der Waals surface area contributed by atoms with Crippen molar-refractivity contribution in [1.82, 2.24) is 0 Å². The highest BCUT2D eigenvalue weighted by Gasteiger charge is 2.03. The highest BCUT2D eigenvalue weighted by Crippen LogP contribution is 2.28. The third-order valence-electron chi connectivity index (χ3n) is 2.64. The van der Waals surface area contributed by atoms with Gasteiger partial charge in [0.25, 0.3) is 0 Å². The first-order valence-electron chi connectivity index (χ1n) is 5.67. The molecule has 2 heteroatoms. The number of nitrogens with two attached hydrogens (primary N) is 1. The molecule has 17 heavy (non-hydrogen) atoms. The van der Waals surface area contributed by atoms with Crippen molar-refractivity contribution < 1.29 is 4.74 Å². The molecule has 0 aromatic heterocycles. The second-order valence-electron chi connectivity index (χ2n) is 4.45. The average Bonchev–Trinajstić information content (AvgIpc) is 2.22. The Kier molecular flexibility index (Phi) is 3.05. The molecule has 0 radical (unpaired) electrons. The van der Waals surface area contributed by atoms with E-state index in [9.17, 15) is 0 Å². The van der Waals surface area contributed by atoms with E-state index in [1.165, 1.54) is 11.1 Å². The SMILES string of the molecule is Cc1cc(C)cc(Oc2cc(N)ccc2C)c1. The topological polar surface area (TPSA) is 35.2 Å². The molecule has 0 saturated heterocycles. The molecule has 2 rings (SSSR count). The molecule has 0 aliphatic carbocycles. The van der Waals surface area contributed by atoms with Crippen molar-refractivity contribution in [2.75, 3.05) is 5.73 Å². The molecule has 88 valence electrons. The van der Waals surface area contributed by atoms with Crippen molar-refractivity contribution in [3.63, 3.8) is 0 Å². The molecule has 0 saturated carbocycles. The minimum atomic E-state index is 0.718. The van der Waals surface area contributed by atoms with Gasteiger partial charge >= 0.3 is 0 Å². The highest BCUT2D eigenvalue weighted by molar-refractivity contribution is 5.49. The van der Waals surface area contributed by atoms with Gasteiger partial charge in [-0.3, -0.25) is 0 Å². The molecule has 0 aliphatic heterocycles. The Morgan fingerprint density at radius 1 is 0.882 bits per heavy atom. The fourth-order valence-electron chi connectivity index (χ4n) is 1.85. The normalized spacial score (nSPS) is 10.3. The largest absolute Gasteiger partial charge is 0.457 e. The fourth-order valence-corrected chi connectivity index (χ4v) is 1.85. The number of hydrogen-bond donors (Lipinski definition) is 1. The van der Waals surface area contributed by atoms with Crippen LogP contribution in [-0.4, -0.2) is 0 Å². The van der Waals surface area contributed by atoms with Gasteiger partial charge in [-0.25, -0.2) is 0 Å². The van der Waals surface area contributed by atoms with Crippen molar-refractivity contribution in [2.24, 2.45) is 0 Å². The molecular formula is C15H17NO. The Morgan fingerprint density at radius 2 is 1.53 bits per heavy atom. The van der Waals surface area contributed by atoms with Crippen molar-refractivity contribution in [3.05, 3.63) is 53.1 Å². The van der Waals surface area contributed by atoms with Crippen LogP contribution < -0.4 is 10.5 Å². The molecule has 0 bridgehead atoms. The molecule has 2 N–H and O–H groups in total. The molecule has 0 fully saturated rings. The molecule has 0 unspecified atom stereocenters. The number of nitrogen functional groups attached to an aromatic ring is 1. The van der Waals surface area contributed by atoms with Gasteiger partial charge in [0.05, 0.1) is 0 Å². The molecule has 2 aromatic carbocycles. The van der Waals surface area contributed by atoms with Crippen LogP contribution in [-0.2, 0) is 0 Å². The lowest BCUT2D eigenvalue weighted by Gasteiger charge is -2.10. The summed E-state index contributed by atoms with van der Waals surface area (Å²) in [5.41, 5.74) is 9.95. The quantitative estimate of drug-likeness (QED) is 0.787. The predicted octanol–water partition coefficient (Wildman–Crippen LogP) is 3.99. The Bertz CT molecular complexity index is 526. The van der Waals surface area contributed by atoms with Crippen molar-refractivity contribution in [1.29, 1.82) is 0 Å². The Labute approximate surface area is 102 Å². The van der Waals surface area contributed by atoms with Crippen LogP contribution in [0.25, 0.3) is 0 Å². The number of anilines is 1. The minimum absolute atomic E-state index is 0.718. The maximum Gasteiger partial charge on any atom is 0.132 e.